The maximum absolute atomic E-state index is 12.2. The second-order valence-electron chi connectivity index (χ2n) is 4.58. The normalized spacial score (nSPS) is 18.9. The van der Waals surface area contributed by atoms with Crippen LogP contribution < -0.4 is 9.50 Å². The van der Waals surface area contributed by atoms with Gasteiger partial charge in [-0.3, -0.25) is 0 Å². The summed E-state index contributed by atoms with van der Waals surface area (Å²) in [7, 11) is 0. The Morgan fingerprint density at radius 3 is 3.05 bits per heavy atom. The molecule has 1 aromatic heterocycles. The summed E-state index contributed by atoms with van der Waals surface area (Å²) in [4.78, 5) is 0. The predicted molar refractivity (Wildman–Crippen MR) is 88.3 cm³/mol. The minimum atomic E-state index is -1.51. The highest BCUT2D eigenvalue weighted by molar-refractivity contribution is 7.83. The molecule has 2 heterocycles. The van der Waals surface area contributed by atoms with Gasteiger partial charge in [0.1, 0.15) is 16.1 Å². The molecule has 0 radical (unpaired) electrons. The monoisotopic (exact) mass is 339 g/mol. The lowest BCUT2D eigenvalue weighted by Gasteiger charge is -2.12. The fraction of sp³-hybridized carbons (Fsp3) is 0.214. The number of anilines is 1. The maximum atomic E-state index is 12.2. The minimum Gasteiger partial charge on any atom is -0.467 e. The fourth-order valence-electron chi connectivity index (χ4n) is 2.10. The van der Waals surface area contributed by atoms with E-state index >= 15 is 0 Å². The van der Waals surface area contributed by atoms with E-state index in [0.717, 1.165) is 11.3 Å². The largest absolute Gasteiger partial charge is 0.467 e. The number of ether oxygens (including phenoxy) is 1. The average molecular weight is 339 g/mol. The van der Waals surface area contributed by atoms with Crippen molar-refractivity contribution in [3.05, 3.63) is 41.3 Å². The minimum absolute atomic E-state index is 0.0637. The molecule has 2 unspecified atom stereocenters. The Morgan fingerprint density at radius 2 is 2.29 bits per heavy atom. The van der Waals surface area contributed by atoms with Gasteiger partial charge in [0.15, 0.2) is 0 Å². The Kier molecular flexibility index (Phi) is 4.23. The van der Waals surface area contributed by atoms with E-state index in [4.69, 9.17) is 21.1 Å². The molecule has 2 aromatic rings. The number of hydrogen-bond donors (Lipinski definition) is 1. The summed E-state index contributed by atoms with van der Waals surface area (Å²) < 4.78 is 24.1. The van der Waals surface area contributed by atoms with Crippen LogP contribution >= 0.6 is 23.6 Å². The summed E-state index contributed by atoms with van der Waals surface area (Å²) in [6.45, 7) is 1.94. The molecule has 1 aliphatic heterocycles. The van der Waals surface area contributed by atoms with Crippen LogP contribution in [-0.4, -0.2) is 15.5 Å². The third-order valence-corrected chi connectivity index (χ3v) is 5.35. The maximum Gasteiger partial charge on any atom is 0.261 e. The average Bonchev–Trinajstić information content (AvgIpc) is 2.91. The molecule has 1 N–H and O–H groups in total. The van der Waals surface area contributed by atoms with Gasteiger partial charge in [-0.25, -0.2) is 4.21 Å². The van der Waals surface area contributed by atoms with Crippen molar-refractivity contribution in [1.82, 2.24) is 0 Å². The molecule has 0 aliphatic carbocycles. The quantitative estimate of drug-likeness (QED) is 0.867. The molecule has 0 bridgehead atoms. The van der Waals surface area contributed by atoms with Crippen LogP contribution in [0, 0.1) is 0 Å². The molecule has 21 heavy (non-hydrogen) atoms. The second-order valence-corrected chi connectivity index (χ2v) is 7.23. The van der Waals surface area contributed by atoms with Gasteiger partial charge < -0.3 is 14.2 Å². The standard InChI is InChI=1S/C14H13NO3S3/c1-9-8-10-11(15-14(19)17-9)4-2-5-12(10)18-21(16)13-6-3-7-20-13/h2-7,9H,8H2,1H3,(H,15,19). The summed E-state index contributed by atoms with van der Waals surface area (Å²) in [5.74, 6) is 0.590. The lowest BCUT2D eigenvalue weighted by Crippen LogP contribution is -2.16. The summed E-state index contributed by atoms with van der Waals surface area (Å²) in [6, 6.07) is 9.20. The topological polar surface area (TPSA) is 47.6 Å². The van der Waals surface area contributed by atoms with Gasteiger partial charge in [0.2, 0.25) is 0 Å². The lowest BCUT2D eigenvalue weighted by atomic mass is 10.1. The summed E-state index contributed by atoms with van der Waals surface area (Å²) in [5, 5.41) is 5.25. The molecular formula is C14H13NO3S3. The van der Waals surface area contributed by atoms with Crippen molar-refractivity contribution in [2.24, 2.45) is 0 Å². The molecule has 110 valence electrons. The predicted octanol–water partition coefficient (Wildman–Crippen LogP) is 3.51. The SMILES string of the molecule is CC1Cc2c(cccc2OS(=O)c2cccs2)NC(=S)O1. The van der Waals surface area contributed by atoms with Crippen LogP contribution in [0.25, 0.3) is 0 Å². The zero-order valence-electron chi connectivity index (χ0n) is 11.2. The molecule has 1 aromatic carbocycles. The summed E-state index contributed by atoms with van der Waals surface area (Å²) in [5.41, 5.74) is 1.76. The van der Waals surface area contributed by atoms with E-state index in [2.05, 4.69) is 5.32 Å². The number of fused-ring (bicyclic) bond motifs is 1. The molecule has 1 aliphatic rings. The van der Waals surface area contributed by atoms with Gasteiger partial charge in [0, 0.05) is 17.7 Å². The lowest BCUT2D eigenvalue weighted by molar-refractivity contribution is 0.217. The Morgan fingerprint density at radius 1 is 1.43 bits per heavy atom. The van der Waals surface area contributed by atoms with Gasteiger partial charge in [-0.2, -0.15) is 0 Å². The van der Waals surface area contributed by atoms with E-state index in [9.17, 15) is 4.21 Å². The van der Waals surface area contributed by atoms with Crippen molar-refractivity contribution in [3.8, 4) is 5.75 Å². The Hall–Kier alpha value is -1.44. The van der Waals surface area contributed by atoms with E-state index in [0.29, 0.717) is 21.6 Å². The van der Waals surface area contributed by atoms with Crippen LogP contribution in [0.2, 0.25) is 0 Å². The van der Waals surface area contributed by atoms with E-state index in [1.165, 1.54) is 11.3 Å². The van der Waals surface area contributed by atoms with Crippen LogP contribution in [0.4, 0.5) is 5.69 Å². The number of hydrogen-bond acceptors (Lipinski definition) is 5. The number of benzene rings is 1. The molecular weight excluding hydrogens is 326 g/mol. The van der Waals surface area contributed by atoms with Crippen molar-refractivity contribution in [3.63, 3.8) is 0 Å². The first kappa shape index (κ1) is 14.5. The first-order valence-corrected chi connectivity index (χ1v) is 8.73. The van der Waals surface area contributed by atoms with Gasteiger partial charge in [0.25, 0.3) is 16.3 Å². The van der Waals surface area contributed by atoms with E-state index in [1.807, 2.05) is 36.6 Å². The first-order valence-electron chi connectivity index (χ1n) is 6.36. The number of rotatable bonds is 3. The van der Waals surface area contributed by atoms with Gasteiger partial charge in [-0.1, -0.05) is 12.1 Å². The van der Waals surface area contributed by atoms with Crippen LogP contribution in [0.15, 0.2) is 39.9 Å². The van der Waals surface area contributed by atoms with Gasteiger partial charge in [-0.05, 0) is 42.7 Å². The zero-order valence-corrected chi connectivity index (χ0v) is 13.6. The van der Waals surface area contributed by atoms with E-state index < -0.39 is 11.1 Å². The smallest absolute Gasteiger partial charge is 0.261 e. The molecule has 0 saturated carbocycles. The van der Waals surface area contributed by atoms with Gasteiger partial charge >= 0.3 is 0 Å². The molecule has 0 fully saturated rings. The fourth-order valence-corrected chi connectivity index (χ4v) is 4.00. The highest BCUT2D eigenvalue weighted by Crippen LogP contribution is 2.32. The number of nitrogens with one attached hydrogen (secondary N) is 1. The highest BCUT2D eigenvalue weighted by Gasteiger charge is 2.21. The van der Waals surface area contributed by atoms with Crippen LogP contribution in [0.5, 0.6) is 5.75 Å². The number of thiophene rings is 1. The molecule has 7 heteroatoms. The van der Waals surface area contributed by atoms with Crippen molar-refractivity contribution >= 4 is 45.5 Å². The summed E-state index contributed by atoms with van der Waals surface area (Å²) >= 11 is 5.01. The van der Waals surface area contributed by atoms with Crippen LogP contribution in [0.3, 0.4) is 0 Å². The van der Waals surface area contributed by atoms with Gasteiger partial charge in [-0.15, -0.1) is 11.3 Å². The van der Waals surface area contributed by atoms with Crippen molar-refractivity contribution in [2.45, 2.75) is 23.7 Å². The van der Waals surface area contributed by atoms with Crippen LogP contribution in [0.1, 0.15) is 12.5 Å². The first-order chi connectivity index (χ1) is 10.1. The zero-order chi connectivity index (χ0) is 14.8. The van der Waals surface area contributed by atoms with Gasteiger partial charge in [0.05, 0.1) is 0 Å². The molecule has 4 nitrogen and oxygen atoms in total. The Balaban J connectivity index is 1.91. The second kappa shape index (κ2) is 6.13. The van der Waals surface area contributed by atoms with Crippen LogP contribution in [-0.2, 0) is 22.2 Å². The molecule has 3 rings (SSSR count). The van der Waals surface area contributed by atoms with E-state index in [-0.39, 0.29) is 6.10 Å². The van der Waals surface area contributed by atoms with Crippen molar-refractivity contribution < 1.29 is 13.1 Å². The third kappa shape index (κ3) is 3.25. The Bertz CT molecular complexity index is 685. The highest BCUT2D eigenvalue weighted by atomic mass is 32.2. The molecule has 0 amide bonds. The van der Waals surface area contributed by atoms with Crippen molar-refractivity contribution in [1.29, 1.82) is 0 Å². The van der Waals surface area contributed by atoms with E-state index in [1.54, 1.807) is 6.07 Å². The number of thiocarbonyl (C=S) groups is 1. The van der Waals surface area contributed by atoms with Crippen molar-refractivity contribution in [2.75, 3.05) is 5.32 Å². The molecule has 0 spiro atoms. The third-order valence-electron chi connectivity index (χ3n) is 2.99. The molecule has 0 saturated heterocycles. The Labute approximate surface area is 134 Å². The molecule has 2 atom stereocenters. The summed E-state index contributed by atoms with van der Waals surface area (Å²) in [6.07, 6.45) is 0.575.